The van der Waals surface area contributed by atoms with Gasteiger partial charge in [0.25, 0.3) is 0 Å². The quantitative estimate of drug-likeness (QED) is 0.594. The largest absolute Gasteiger partial charge is 0.392 e. The van der Waals surface area contributed by atoms with Crippen LogP contribution >= 0.6 is 0 Å². The van der Waals surface area contributed by atoms with Crippen LogP contribution in [0.15, 0.2) is 23.8 Å². The van der Waals surface area contributed by atoms with Crippen molar-refractivity contribution in [2.75, 3.05) is 0 Å². The molecule has 0 saturated heterocycles. The van der Waals surface area contributed by atoms with Gasteiger partial charge < -0.3 is 0 Å². The summed E-state index contributed by atoms with van der Waals surface area (Å²) >= 11 is 0. The number of halogens is 3. The van der Waals surface area contributed by atoms with E-state index in [-0.39, 0.29) is 5.92 Å². The summed E-state index contributed by atoms with van der Waals surface area (Å²) in [6.45, 7) is 5.50. The number of alkyl halides is 3. The molecule has 0 aliphatic heterocycles. The lowest BCUT2D eigenvalue weighted by Gasteiger charge is -2.13. The average Bonchev–Trinajstić information content (AvgIpc) is 2.00. The molecule has 0 spiro atoms. The Labute approximate surface area is 83.5 Å². The Bertz CT molecular complexity index is 209. The van der Waals surface area contributed by atoms with Gasteiger partial charge in [-0.15, -0.1) is 0 Å². The molecular formula is C11H17F3. The Morgan fingerprint density at radius 3 is 2.21 bits per heavy atom. The van der Waals surface area contributed by atoms with Crippen molar-refractivity contribution >= 4 is 0 Å². The summed E-state index contributed by atoms with van der Waals surface area (Å²) in [4.78, 5) is 0. The fourth-order valence-electron chi connectivity index (χ4n) is 1.01. The molecule has 0 nitrogen and oxygen atoms in total. The summed E-state index contributed by atoms with van der Waals surface area (Å²) in [7, 11) is 0. The van der Waals surface area contributed by atoms with E-state index >= 15 is 0 Å². The standard InChI is InChI=1S/C11H17F3/c1-4-5-6-7-10(9(2)3)8-11(12,13)14/h5-7,9H,4,8H2,1-3H3/b6-5-,10-7+. The highest BCUT2D eigenvalue weighted by atomic mass is 19.4. The van der Waals surface area contributed by atoms with Gasteiger partial charge in [-0.25, -0.2) is 0 Å². The van der Waals surface area contributed by atoms with Gasteiger partial charge in [0.15, 0.2) is 0 Å². The summed E-state index contributed by atoms with van der Waals surface area (Å²) in [6, 6.07) is 0. The number of allylic oxidation sites excluding steroid dienone is 4. The van der Waals surface area contributed by atoms with E-state index in [1.165, 1.54) is 0 Å². The van der Waals surface area contributed by atoms with E-state index in [0.717, 1.165) is 6.42 Å². The molecule has 0 aromatic rings. The first-order valence-electron chi connectivity index (χ1n) is 4.79. The molecular weight excluding hydrogens is 189 g/mol. The molecule has 82 valence electrons. The maximum atomic E-state index is 12.1. The predicted molar refractivity (Wildman–Crippen MR) is 53.0 cm³/mol. The number of rotatable bonds is 4. The van der Waals surface area contributed by atoms with Gasteiger partial charge in [-0.2, -0.15) is 13.2 Å². The first-order valence-corrected chi connectivity index (χ1v) is 4.79. The van der Waals surface area contributed by atoms with Crippen molar-refractivity contribution in [1.82, 2.24) is 0 Å². The van der Waals surface area contributed by atoms with Crippen molar-refractivity contribution in [3.05, 3.63) is 23.8 Å². The molecule has 0 aromatic carbocycles. The molecule has 0 atom stereocenters. The Morgan fingerprint density at radius 2 is 1.86 bits per heavy atom. The molecule has 0 bridgehead atoms. The third kappa shape index (κ3) is 6.75. The lowest BCUT2D eigenvalue weighted by atomic mass is 9.99. The summed E-state index contributed by atoms with van der Waals surface area (Å²) < 4.78 is 36.3. The zero-order chi connectivity index (χ0) is 11.2. The van der Waals surface area contributed by atoms with Crippen molar-refractivity contribution in [2.24, 2.45) is 5.92 Å². The SMILES string of the molecule is CC/C=C\C=C(/CC(F)(F)F)C(C)C. The zero-order valence-electron chi connectivity index (χ0n) is 8.86. The van der Waals surface area contributed by atoms with Crippen LogP contribution in [0, 0.1) is 5.92 Å². The maximum Gasteiger partial charge on any atom is 0.392 e. The van der Waals surface area contributed by atoms with Gasteiger partial charge in [0, 0.05) is 0 Å². The smallest absolute Gasteiger partial charge is 0.171 e. The average molecular weight is 206 g/mol. The number of hydrogen-bond acceptors (Lipinski definition) is 0. The lowest BCUT2D eigenvalue weighted by Crippen LogP contribution is -2.11. The molecule has 0 radical (unpaired) electrons. The van der Waals surface area contributed by atoms with Gasteiger partial charge in [-0.1, -0.05) is 44.6 Å². The van der Waals surface area contributed by atoms with Crippen LogP contribution < -0.4 is 0 Å². The Kier molecular flexibility index (Phi) is 5.58. The van der Waals surface area contributed by atoms with Crippen molar-refractivity contribution in [2.45, 2.75) is 39.8 Å². The van der Waals surface area contributed by atoms with Gasteiger partial charge in [0.05, 0.1) is 6.42 Å². The van der Waals surface area contributed by atoms with Crippen molar-refractivity contribution in [3.63, 3.8) is 0 Å². The molecule has 0 fully saturated rings. The van der Waals surface area contributed by atoms with E-state index in [4.69, 9.17) is 0 Å². The minimum Gasteiger partial charge on any atom is -0.171 e. The Balaban J connectivity index is 4.45. The fourth-order valence-corrected chi connectivity index (χ4v) is 1.01. The summed E-state index contributed by atoms with van der Waals surface area (Å²) in [6.07, 6.45) is 1.05. The van der Waals surface area contributed by atoms with Gasteiger partial charge in [0.1, 0.15) is 0 Å². The first-order chi connectivity index (χ1) is 6.37. The topological polar surface area (TPSA) is 0 Å². The zero-order valence-corrected chi connectivity index (χ0v) is 8.86. The second kappa shape index (κ2) is 5.89. The van der Waals surface area contributed by atoms with Crippen LogP contribution in [0.2, 0.25) is 0 Å². The van der Waals surface area contributed by atoms with Gasteiger partial charge in [0.2, 0.25) is 0 Å². The van der Waals surface area contributed by atoms with Crippen LogP contribution in [0.1, 0.15) is 33.6 Å². The van der Waals surface area contributed by atoms with Gasteiger partial charge in [-0.05, 0) is 12.3 Å². The highest BCUT2D eigenvalue weighted by Crippen LogP contribution is 2.28. The van der Waals surface area contributed by atoms with Crippen LogP contribution in [-0.2, 0) is 0 Å². The van der Waals surface area contributed by atoms with Crippen molar-refractivity contribution in [1.29, 1.82) is 0 Å². The van der Waals surface area contributed by atoms with Crippen LogP contribution in [0.3, 0.4) is 0 Å². The third-order valence-electron chi connectivity index (χ3n) is 1.83. The monoisotopic (exact) mass is 206 g/mol. The van der Waals surface area contributed by atoms with Crippen molar-refractivity contribution < 1.29 is 13.2 Å². The highest BCUT2D eigenvalue weighted by molar-refractivity contribution is 5.15. The van der Waals surface area contributed by atoms with E-state index in [1.807, 2.05) is 13.0 Å². The van der Waals surface area contributed by atoms with E-state index < -0.39 is 12.6 Å². The van der Waals surface area contributed by atoms with E-state index in [0.29, 0.717) is 5.57 Å². The fraction of sp³-hybridized carbons (Fsp3) is 0.636. The molecule has 0 unspecified atom stereocenters. The molecule has 0 rings (SSSR count). The van der Waals surface area contributed by atoms with Crippen LogP contribution in [0.4, 0.5) is 13.2 Å². The van der Waals surface area contributed by atoms with Crippen LogP contribution in [-0.4, -0.2) is 6.18 Å². The minimum atomic E-state index is -4.10. The Hall–Kier alpha value is -0.730. The lowest BCUT2D eigenvalue weighted by molar-refractivity contribution is -0.128. The molecule has 0 aliphatic carbocycles. The molecule has 0 aromatic heterocycles. The van der Waals surface area contributed by atoms with Crippen LogP contribution in [0.5, 0.6) is 0 Å². The van der Waals surface area contributed by atoms with E-state index in [9.17, 15) is 13.2 Å². The summed E-state index contributed by atoms with van der Waals surface area (Å²) in [5, 5.41) is 0. The second-order valence-corrected chi connectivity index (χ2v) is 3.52. The maximum absolute atomic E-state index is 12.1. The molecule has 0 aliphatic rings. The molecule has 0 N–H and O–H groups in total. The molecule has 3 heteroatoms. The Morgan fingerprint density at radius 1 is 1.29 bits per heavy atom. The minimum absolute atomic E-state index is 0.0573. The normalized spacial score (nSPS) is 14.4. The van der Waals surface area contributed by atoms with Crippen molar-refractivity contribution in [3.8, 4) is 0 Å². The highest BCUT2D eigenvalue weighted by Gasteiger charge is 2.29. The number of hydrogen-bond donors (Lipinski definition) is 0. The van der Waals surface area contributed by atoms with E-state index in [1.54, 1.807) is 26.0 Å². The third-order valence-corrected chi connectivity index (χ3v) is 1.83. The summed E-state index contributed by atoms with van der Waals surface area (Å²) in [5.41, 5.74) is 0.433. The predicted octanol–water partition coefficient (Wildman–Crippen LogP) is 4.49. The van der Waals surface area contributed by atoms with Gasteiger partial charge >= 0.3 is 6.18 Å². The molecule has 14 heavy (non-hydrogen) atoms. The van der Waals surface area contributed by atoms with Gasteiger partial charge in [-0.3, -0.25) is 0 Å². The molecule has 0 heterocycles. The summed E-state index contributed by atoms with van der Waals surface area (Å²) in [5.74, 6) is -0.0573. The molecule has 0 saturated carbocycles. The first kappa shape index (κ1) is 13.3. The van der Waals surface area contributed by atoms with Crippen LogP contribution in [0.25, 0.3) is 0 Å². The second-order valence-electron chi connectivity index (χ2n) is 3.52. The van der Waals surface area contributed by atoms with E-state index in [2.05, 4.69) is 0 Å². The molecule has 0 amide bonds.